The molecule has 2 amide bonds. The Bertz CT molecular complexity index is 891. The number of hydrogen-bond donors (Lipinski definition) is 1. The summed E-state index contributed by atoms with van der Waals surface area (Å²) in [7, 11) is 1.38. The third-order valence-electron chi connectivity index (χ3n) is 4.74. The number of benzene rings is 1. The first-order valence-corrected chi connectivity index (χ1v) is 9.23. The molecule has 1 saturated heterocycles. The Hall–Kier alpha value is -3.01. The van der Waals surface area contributed by atoms with Crippen molar-refractivity contribution >= 4 is 22.9 Å². The van der Waals surface area contributed by atoms with E-state index >= 15 is 0 Å². The average molecular weight is 388 g/mol. The molecule has 1 aromatic carbocycles. The maximum Gasteiger partial charge on any atom is 0.409 e. The van der Waals surface area contributed by atoms with Crippen molar-refractivity contribution in [1.29, 1.82) is 0 Å². The van der Waals surface area contributed by atoms with Crippen molar-refractivity contribution in [2.75, 3.05) is 46.4 Å². The third-order valence-corrected chi connectivity index (χ3v) is 4.74. The monoisotopic (exact) mass is 388 g/mol. The number of nitrogens with zero attached hydrogens (tertiary/aromatic N) is 5. The van der Waals surface area contributed by atoms with Crippen molar-refractivity contribution in [2.45, 2.75) is 13.0 Å². The molecule has 10 heteroatoms. The molecule has 0 saturated carbocycles. The van der Waals surface area contributed by atoms with Gasteiger partial charge in [0, 0.05) is 45.7 Å². The smallest absolute Gasteiger partial charge is 0.409 e. The molecule has 0 aliphatic carbocycles. The van der Waals surface area contributed by atoms with Crippen LogP contribution in [-0.2, 0) is 16.1 Å². The van der Waals surface area contributed by atoms with Crippen molar-refractivity contribution in [3.8, 4) is 0 Å². The fraction of sp³-hybridized carbons (Fsp3) is 0.500. The Morgan fingerprint density at radius 2 is 1.89 bits per heavy atom. The molecule has 0 radical (unpaired) electrons. The fourth-order valence-corrected chi connectivity index (χ4v) is 3.10. The zero-order chi connectivity index (χ0) is 19.9. The van der Waals surface area contributed by atoms with E-state index in [2.05, 4.69) is 20.5 Å². The summed E-state index contributed by atoms with van der Waals surface area (Å²) in [5, 5.41) is 11.2. The number of amides is 2. The van der Waals surface area contributed by atoms with Gasteiger partial charge in [-0.25, -0.2) is 9.48 Å². The van der Waals surface area contributed by atoms with Gasteiger partial charge in [-0.3, -0.25) is 14.5 Å². The van der Waals surface area contributed by atoms with Crippen LogP contribution in [0.3, 0.4) is 0 Å². The maximum atomic E-state index is 12.3. The summed E-state index contributed by atoms with van der Waals surface area (Å²) in [5.74, 6) is -0.143. The predicted octanol–water partition coefficient (Wildman–Crippen LogP) is -0.318. The maximum absolute atomic E-state index is 12.3. The number of carbonyl (C=O) groups excluding carboxylic acids is 2. The van der Waals surface area contributed by atoms with Crippen LogP contribution in [0.5, 0.6) is 0 Å². The Labute approximate surface area is 162 Å². The summed E-state index contributed by atoms with van der Waals surface area (Å²) in [6.07, 6.45) is -0.150. The lowest BCUT2D eigenvalue weighted by atomic mass is 10.2. The molecule has 0 atom stereocenters. The molecule has 2 aromatic rings. The molecule has 1 fully saturated rings. The van der Waals surface area contributed by atoms with Crippen molar-refractivity contribution in [2.24, 2.45) is 0 Å². The number of fused-ring (bicyclic) bond motifs is 1. The van der Waals surface area contributed by atoms with Crippen LogP contribution in [0, 0.1) is 0 Å². The molecule has 1 aromatic heterocycles. The summed E-state index contributed by atoms with van der Waals surface area (Å²) in [6, 6.07) is 6.99. The van der Waals surface area contributed by atoms with Crippen molar-refractivity contribution < 1.29 is 14.3 Å². The van der Waals surface area contributed by atoms with Gasteiger partial charge in [0.05, 0.1) is 19.0 Å². The van der Waals surface area contributed by atoms with E-state index in [9.17, 15) is 14.4 Å². The van der Waals surface area contributed by atoms with Gasteiger partial charge in [-0.2, -0.15) is 0 Å². The van der Waals surface area contributed by atoms with Crippen LogP contribution in [0.4, 0.5) is 4.79 Å². The molecule has 10 nitrogen and oxygen atoms in total. The number of rotatable bonds is 6. The quantitative estimate of drug-likeness (QED) is 0.722. The first-order chi connectivity index (χ1) is 13.6. The van der Waals surface area contributed by atoms with Crippen LogP contribution < -0.4 is 10.9 Å². The Morgan fingerprint density at radius 1 is 1.14 bits per heavy atom. The van der Waals surface area contributed by atoms with E-state index in [0.29, 0.717) is 37.1 Å². The molecule has 0 bridgehead atoms. The first-order valence-electron chi connectivity index (χ1n) is 9.23. The summed E-state index contributed by atoms with van der Waals surface area (Å²) in [6.45, 7) is 4.11. The van der Waals surface area contributed by atoms with E-state index in [1.54, 1.807) is 29.2 Å². The summed E-state index contributed by atoms with van der Waals surface area (Å²) in [4.78, 5) is 39.7. The number of aromatic nitrogens is 3. The topological polar surface area (TPSA) is 110 Å². The zero-order valence-corrected chi connectivity index (χ0v) is 15.8. The SMILES string of the molecule is COC(=O)N1CCN(CCNC(=O)CCn2nnc3ccccc3c2=O)CC1. The van der Waals surface area contributed by atoms with Gasteiger partial charge in [-0.15, -0.1) is 5.10 Å². The Balaban J connectivity index is 1.39. The number of aryl methyl sites for hydroxylation is 1. The molecular weight excluding hydrogens is 364 g/mol. The van der Waals surface area contributed by atoms with Crippen molar-refractivity contribution in [3.63, 3.8) is 0 Å². The number of carbonyl (C=O) groups is 2. The highest BCUT2D eigenvalue weighted by Gasteiger charge is 2.21. The lowest BCUT2D eigenvalue weighted by molar-refractivity contribution is -0.121. The van der Waals surface area contributed by atoms with Gasteiger partial charge in [-0.05, 0) is 12.1 Å². The normalized spacial score (nSPS) is 14.8. The molecule has 2 heterocycles. The average Bonchev–Trinajstić information content (AvgIpc) is 2.73. The highest BCUT2D eigenvalue weighted by atomic mass is 16.5. The summed E-state index contributed by atoms with van der Waals surface area (Å²) >= 11 is 0. The number of nitrogens with one attached hydrogen (secondary N) is 1. The predicted molar refractivity (Wildman–Crippen MR) is 102 cm³/mol. The minimum absolute atomic E-state index is 0.143. The number of piperazine rings is 1. The van der Waals surface area contributed by atoms with Crippen LogP contribution in [-0.4, -0.2) is 83.2 Å². The van der Waals surface area contributed by atoms with Crippen LogP contribution in [0.2, 0.25) is 0 Å². The van der Waals surface area contributed by atoms with Gasteiger partial charge in [0.15, 0.2) is 0 Å². The summed E-state index contributed by atoms with van der Waals surface area (Å²) in [5.41, 5.74) is 0.294. The van der Waals surface area contributed by atoms with Crippen LogP contribution in [0.25, 0.3) is 10.9 Å². The zero-order valence-electron chi connectivity index (χ0n) is 15.8. The van der Waals surface area contributed by atoms with E-state index in [1.807, 2.05) is 0 Å². The number of methoxy groups -OCH3 is 1. The van der Waals surface area contributed by atoms with Gasteiger partial charge < -0.3 is 15.0 Å². The van der Waals surface area contributed by atoms with E-state index in [4.69, 9.17) is 4.74 Å². The van der Waals surface area contributed by atoms with Crippen molar-refractivity contribution in [1.82, 2.24) is 30.1 Å². The highest BCUT2D eigenvalue weighted by Crippen LogP contribution is 2.04. The molecule has 0 unspecified atom stereocenters. The largest absolute Gasteiger partial charge is 0.453 e. The number of ether oxygens (including phenoxy) is 1. The minimum Gasteiger partial charge on any atom is -0.453 e. The second-order valence-corrected chi connectivity index (χ2v) is 6.53. The van der Waals surface area contributed by atoms with Gasteiger partial charge in [-0.1, -0.05) is 17.3 Å². The Kier molecular flexibility index (Phi) is 6.53. The van der Waals surface area contributed by atoms with Gasteiger partial charge in [0.1, 0.15) is 5.52 Å². The fourth-order valence-electron chi connectivity index (χ4n) is 3.10. The molecule has 150 valence electrons. The molecule has 1 aliphatic heterocycles. The van der Waals surface area contributed by atoms with Gasteiger partial charge >= 0.3 is 6.09 Å². The second-order valence-electron chi connectivity index (χ2n) is 6.53. The summed E-state index contributed by atoms with van der Waals surface area (Å²) < 4.78 is 5.93. The molecule has 0 spiro atoms. The first kappa shape index (κ1) is 19.7. The second kappa shape index (κ2) is 9.27. The highest BCUT2D eigenvalue weighted by molar-refractivity contribution is 5.77. The van der Waals surface area contributed by atoms with Crippen LogP contribution in [0.1, 0.15) is 6.42 Å². The van der Waals surface area contributed by atoms with Gasteiger partial charge in [0.2, 0.25) is 5.91 Å². The molecular formula is C18H24N6O4. The Morgan fingerprint density at radius 3 is 2.64 bits per heavy atom. The molecule has 28 heavy (non-hydrogen) atoms. The van der Waals surface area contributed by atoms with Crippen LogP contribution >= 0.6 is 0 Å². The van der Waals surface area contributed by atoms with Crippen LogP contribution in [0.15, 0.2) is 29.1 Å². The van der Waals surface area contributed by atoms with Gasteiger partial charge in [0.25, 0.3) is 5.56 Å². The third kappa shape index (κ3) is 4.83. The standard InChI is InChI=1S/C18H24N6O4/c1-28-18(27)23-12-10-22(11-13-23)9-7-19-16(25)6-8-24-17(26)14-4-2-3-5-15(14)20-21-24/h2-5H,6-13H2,1H3,(H,19,25). The molecule has 3 rings (SSSR count). The van der Waals surface area contributed by atoms with E-state index in [1.165, 1.54) is 11.8 Å². The lowest BCUT2D eigenvalue weighted by Crippen LogP contribution is -2.50. The minimum atomic E-state index is -0.306. The number of hydrogen-bond acceptors (Lipinski definition) is 7. The lowest BCUT2D eigenvalue weighted by Gasteiger charge is -2.33. The van der Waals surface area contributed by atoms with E-state index in [0.717, 1.165) is 13.1 Å². The molecule has 1 aliphatic rings. The molecule has 1 N–H and O–H groups in total. The van der Waals surface area contributed by atoms with Crippen molar-refractivity contribution in [3.05, 3.63) is 34.6 Å². The van der Waals surface area contributed by atoms with E-state index < -0.39 is 0 Å². The van der Waals surface area contributed by atoms with E-state index in [-0.39, 0.29) is 30.5 Å².